The van der Waals surface area contributed by atoms with Crippen LogP contribution < -0.4 is 5.32 Å². The van der Waals surface area contributed by atoms with Gasteiger partial charge in [-0.2, -0.15) is 0 Å². The number of fused-ring (bicyclic) bond motifs is 3. The number of aryl methyl sites for hydroxylation is 1. The first-order valence-corrected chi connectivity index (χ1v) is 11.4. The number of anilines is 1. The van der Waals surface area contributed by atoms with E-state index in [1.165, 1.54) is 39.9 Å². The van der Waals surface area contributed by atoms with E-state index in [1.54, 1.807) is 0 Å². The molecule has 148 valence electrons. The van der Waals surface area contributed by atoms with Gasteiger partial charge in [0.15, 0.2) is 0 Å². The number of ether oxygens (including phenoxy) is 1. The van der Waals surface area contributed by atoms with Gasteiger partial charge in [0.05, 0.1) is 25.1 Å². The molecule has 6 heteroatoms. The molecule has 4 rings (SSSR count). The average Bonchev–Trinajstić information content (AvgIpc) is 3.04. The highest BCUT2D eigenvalue weighted by atomic mass is 32.1. The van der Waals surface area contributed by atoms with E-state index in [9.17, 15) is 0 Å². The van der Waals surface area contributed by atoms with Crippen molar-refractivity contribution in [2.24, 2.45) is 5.92 Å². The lowest BCUT2D eigenvalue weighted by Crippen LogP contribution is -2.36. The van der Waals surface area contributed by atoms with Crippen LogP contribution >= 0.6 is 11.3 Å². The molecule has 3 heterocycles. The Kier molecular flexibility index (Phi) is 5.95. The molecule has 0 bridgehead atoms. The third-order valence-electron chi connectivity index (χ3n) is 6.00. The van der Waals surface area contributed by atoms with Crippen LogP contribution in [0.1, 0.15) is 56.3 Å². The summed E-state index contributed by atoms with van der Waals surface area (Å²) >= 11 is 1.90. The fraction of sp³-hybridized carbons (Fsp3) is 0.714. The van der Waals surface area contributed by atoms with Crippen LogP contribution in [-0.2, 0) is 24.1 Å². The quantitative estimate of drug-likeness (QED) is 0.802. The van der Waals surface area contributed by atoms with Crippen molar-refractivity contribution < 1.29 is 4.74 Å². The van der Waals surface area contributed by atoms with Crippen LogP contribution in [0.15, 0.2) is 0 Å². The van der Waals surface area contributed by atoms with Gasteiger partial charge in [-0.25, -0.2) is 9.97 Å². The Morgan fingerprint density at radius 2 is 2.00 bits per heavy atom. The first-order chi connectivity index (χ1) is 13.2. The summed E-state index contributed by atoms with van der Waals surface area (Å²) in [7, 11) is 0. The third-order valence-corrected chi connectivity index (χ3v) is 7.14. The summed E-state index contributed by atoms with van der Waals surface area (Å²) in [5.41, 5.74) is 1.51. The molecular formula is C21H32N4OS. The zero-order valence-corrected chi connectivity index (χ0v) is 17.7. The van der Waals surface area contributed by atoms with Gasteiger partial charge in [-0.15, -0.1) is 11.3 Å². The van der Waals surface area contributed by atoms with Crippen molar-refractivity contribution in [1.82, 2.24) is 14.9 Å². The maximum atomic E-state index is 5.49. The summed E-state index contributed by atoms with van der Waals surface area (Å²) in [5.74, 6) is 2.80. The number of thiophene rings is 1. The van der Waals surface area contributed by atoms with E-state index < -0.39 is 0 Å². The Hall–Kier alpha value is -1.24. The van der Waals surface area contributed by atoms with Crippen LogP contribution in [0.3, 0.4) is 0 Å². The molecule has 5 nitrogen and oxygen atoms in total. The molecule has 1 unspecified atom stereocenters. The minimum absolute atomic E-state index is 0.470. The van der Waals surface area contributed by atoms with E-state index >= 15 is 0 Å². The van der Waals surface area contributed by atoms with Crippen LogP contribution in [0.2, 0.25) is 0 Å². The first kappa shape index (κ1) is 19.1. The Labute approximate surface area is 166 Å². The summed E-state index contributed by atoms with van der Waals surface area (Å²) in [6, 6.07) is 0.470. The number of aromatic nitrogens is 2. The molecule has 0 amide bonds. The van der Waals surface area contributed by atoms with Gasteiger partial charge in [-0.05, 0) is 43.6 Å². The summed E-state index contributed by atoms with van der Waals surface area (Å²) in [6.07, 6.45) is 5.87. The Bertz CT molecular complexity index is 780. The van der Waals surface area contributed by atoms with Gasteiger partial charge >= 0.3 is 0 Å². The lowest BCUT2D eigenvalue weighted by molar-refractivity contribution is 0.0331. The zero-order chi connectivity index (χ0) is 18.8. The molecule has 2 aromatic heterocycles. The molecule has 0 radical (unpaired) electrons. The maximum Gasteiger partial charge on any atom is 0.146 e. The number of nitrogens with zero attached hydrogens (tertiary/aromatic N) is 3. The Balaban J connectivity index is 1.72. The molecule has 1 fully saturated rings. The van der Waals surface area contributed by atoms with Crippen LogP contribution in [0.4, 0.5) is 5.82 Å². The molecule has 1 N–H and O–H groups in total. The number of nitrogens with one attached hydrogen (secondary N) is 1. The molecule has 2 aliphatic rings. The molecular weight excluding hydrogens is 356 g/mol. The number of hydrogen-bond donors (Lipinski definition) is 1. The molecule has 27 heavy (non-hydrogen) atoms. The Morgan fingerprint density at radius 1 is 1.22 bits per heavy atom. The smallest absolute Gasteiger partial charge is 0.146 e. The first-order valence-electron chi connectivity index (χ1n) is 10.6. The van der Waals surface area contributed by atoms with Crippen molar-refractivity contribution in [1.29, 1.82) is 0 Å². The van der Waals surface area contributed by atoms with Crippen molar-refractivity contribution in [3.8, 4) is 0 Å². The van der Waals surface area contributed by atoms with E-state index in [4.69, 9.17) is 14.7 Å². The highest BCUT2D eigenvalue weighted by Gasteiger charge is 2.25. The van der Waals surface area contributed by atoms with Crippen molar-refractivity contribution >= 4 is 27.4 Å². The van der Waals surface area contributed by atoms with Crippen LogP contribution in [0.25, 0.3) is 10.2 Å². The lowest BCUT2D eigenvalue weighted by atomic mass is 9.89. The summed E-state index contributed by atoms with van der Waals surface area (Å²) in [4.78, 5) is 15.2. The standard InChI is InChI=1S/C21H32N4OS/c1-4-15(5-2)22-20-19-16-7-6-14(3)12-17(16)27-21(19)24-18(23-20)13-25-8-10-26-11-9-25/h14-15H,4-13H2,1-3H3,(H,22,23,24). The predicted molar refractivity (Wildman–Crippen MR) is 113 cm³/mol. The normalized spacial score (nSPS) is 21.0. The molecule has 0 spiro atoms. The molecule has 0 saturated carbocycles. The summed E-state index contributed by atoms with van der Waals surface area (Å²) in [6.45, 7) is 11.2. The molecule has 1 saturated heterocycles. The van der Waals surface area contributed by atoms with Crippen molar-refractivity contribution in [2.75, 3.05) is 31.6 Å². The average molecular weight is 389 g/mol. The topological polar surface area (TPSA) is 50.3 Å². The van der Waals surface area contributed by atoms with Crippen molar-refractivity contribution in [3.63, 3.8) is 0 Å². The molecule has 2 aromatic rings. The fourth-order valence-corrected chi connectivity index (χ4v) is 5.61. The van der Waals surface area contributed by atoms with E-state index in [0.29, 0.717) is 6.04 Å². The van der Waals surface area contributed by atoms with Crippen LogP contribution in [-0.4, -0.2) is 47.2 Å². The molecule has 1 aliphatic heterocycles. The van der Waals surface area contributed by atoms with E-state index in [2.05, 4.69) is 31.0 Å². The molecule has 0 aromatic carbocycles. The van der Waals surface area contributed by atoms with E-state index in [-0.39, 0.29) is 0 Å². The highest BCUT2D eigenvalue weighted by molar-refractivity contribution is 7.19. The minimum atomic E-state index is 0.470. The monoisotopic (exact) mass is 388 g/mol. The SMILES string of the molecule is CCC(CC)Nc1nc(CN2CCOCC2)nc2sc3c(c12)CCC(C)C3. The second-order valence-electron chi connectivity index (χ2n) is 8.07. The van der Waals surface area contributed by atoms with Gasteiger partial charge < -0.3 is 10.1 Å². The van der Waals surface area contributed by atoms with Crippen LogP contribution in [0.5, 0.6) is 0 Å². The van der Waals surface area contributed by atoms with Crippen molar-refractivity contribution in [2.45, 2.75) is 65.5 Å². The highest BCUT2D eigenvalue weighted by Crippen LogP contribution is 2.40. The van der Waals surface area contributed by atoms with Gasteiger partial charge in [0, 0.05) is 24.0 Å². The summed E-state index contributed by atoms with van der Waals surface area (Å²) in [5, 5.41) is 5.06. The molecule has 1 atom stereocenters. The second kappa shape index (κ2) is 8.41. The number of rotatable bonds is 6. The van der Waals surface area contributed by atoms with Crippen molar-refractivity contribution in [3.05, 3.63) is 16.3 Å². The summed E-state index contributed by atoms with van der Waals surface area (Å²) < 4.78 is 5.49. The van der Waals surface area contributed by atoms with Gasteiger partial charge in [-0.1, -0.05) is 20.8 Å². The minimum Gasteiger partial charge on any atom is -0.379 e. The second-order valence-corrected chi connectivity index (χ2v) is 9.15. The van der Waals surface area contributed by atoms with E-state index in [0.717, 1.165) is 63.2 Å². The largest absolute Gasteiger partial charge is 0.379 e. The van der Waals surface area contributed by atoms with Gasteiger partial charge in [-0.3, -0.25) is 4.90 Å². The zero-order valence-electron chi connectivity index (χ0n) is 16.9. The fourth-order valence-electron chi connectivity index (χ4n) is 4.21. The van der Waals surface area contributed by atoms with E-state index in [1.807, 2.05) is 11.3 Å². The third kappa shape index (κ3) is 4.13. The number of hydrogen-bond acceptors (Lipinski definition) is 6. The van der Waals surface area contributed by atoms with Gasteiger partial charge in [0.1, 0.15) is 16.5 Å². The van der Waals surface area contributed by atoms with Gasteiger partial charge in [0.25, 0.3) is 0 Å². The van der Waals surface area contributed by atoms with Crippen LogP contribution in [0, 0.1) is 5.92 Å². The number of morpholine rings is 1. The lowest BCUT2D eigenvalue weighted by Gasteiger charge is -2.26. The molecule has 1 aliphatic carbocycles. The predicted octanol–water partition coefficient (Wildman–Crippen LogP) is 4.25. The maximum absolute atomic E-state index is 5.49. The van der Waals surface area contributed by atoms with Gasteiger partial charge in [0.2, 0.25) is 0 Å². The Morgan fingerprint density at radius 3 is 2.74 bits per heavy atom.